The average Bonchev–Trinajstić information content (AvgIpc) is 2.73. The van der Waals surface area contributed by atoms with Gasteiger partial charge in [0.05, 0.1) is 0 Å². The Morgan fingerprint density at radius 3 is 2.50 bits per heavy atom. The fourth-order valence-electron chi connectivity index (χ4n) is 6.89. The molecule has 3 aliphatic rings. The molecule has 154 valence electrons. The van der Waals surface area contributed by atoms with E-state index in [0.29, 0.717) is 0 Å². The number of rotatable bonds is 6. The lowest BCUT2D eigenvalue weighted by Crippen LogP contribution is -2.35. The van der Waals surface area contributed by atoms with Crippen molar-refractivity contribution in [2.45, 2.75) is 97.3 Å². The molecule has 0 bridgehead atoms. The molecule has 1 aromatic rings. The predicted molar refractivity (Wildman–Crippen MR) is 122 cm³/mol. The first-order valence-corrected chi connectivity index (χ1v) is 12.5. The van der Waals surface area contributed by atoms with Crippen LogP contribution in [0.25, 0.3) is 0 Å². The third-order valence-corrected chi connectivity index (χ3v) is 8.48. The molecule has 5 unspecified atom stereocenters. The van der Waals surface area contributed by atoms with Crippen LogP contribution in [0.5, 0.6) is 0 Å². The van der Waals surface area contributed by atoms with Gasteiger partial charge in [0.15, 0.2) is 0 Å². The van der Waals surface area contributed by atoms with Crippen molar-refractivity contribution < 1.29 is 0 Å². The minimum absolute atomic E-state index is 0.970. The summed E-state index contributed by atoms with van der Waals surface area (Å²) in [4.78, 5) is 0. The first-order valence-electron chi connectivity index (χ1n) is 12.5. The van der Waals surface area contributed by atoms with Gasteiger partial charge in [0.2, 0.25) is 0 Å². The van der Waals surface area contributed by atoms with E-state index in [1.165, 1.54) is 70.6 Å². The van der Waals surface area contributed by atoms with Crippen molar-refractivity contribution in [3.63, 3.8) is 0 Å². The average molecular weight is 379 g/mol. The maximum absolute atomic E-state index is 2.53. The Morgan fingerprint density at radius 1 is 0.893 bits per heavy atom. The van der Waals surface area contributed by atoms with Crippen LogP contribution in [0.4, 0.5) is 0 Å². The second-order valence-corrected chi connectivity index (χ2v) is 10.3. The van der Waals surface area contributed by atoms with Gasteiger partial charge in [-0.2, -0.15) is 0 Å². The van der Waals surface area contributed by atoms with Crippen molar-refractivity contribution >= 4 is 0 Å². The summed E-state index contributed by atoms with van der Waals surface area (Å²) in [5.74, 6) is 5.13. The van der Waals surface area contributed by atoms with E-state index >= 15 is 0 Å². The van der Waals surface area contributed by atoms with Gasteiger partial charge in [-0.25, -0.2) is 0 Å². The largest absolute Gasteiger partial charge is 0.0917 e. The summed E-state index contributed by atoms with van der Waals surface area (Å²) < 4.78 is 0. The highest BCUT2D eigenvalue weighted by atomic mass is 14.4. The zero-order valence-corrected chi connectivity index (χ0v) is 18.5. The Labute approximate surface area is 174 Å². The molecule has 0 spiro atoms. The van der Waals surface area contributed by atoms with Crippen LogP contribution in [0, 0.1) is 29.6 Å². The molecule has 28 heavy (non-hydrogen) atoms. The Morgan fingerprint density at radius 2 is 1.68 bits per heavy atom. The van der Waals surface area contributed by atoms with Crippen molar-refractivity contribution in [1.82, 2.24) is 0 Å². The van der Waals surface area contributed by atoms with E-state index < -0.39 is 0 Å². The Hall–Kier alpha value is -1.04. The van der Waals surface area contributed by atoms with Gasteiger partial charge >= 0.3 is 0 Å². The summed E-state index contributed by atoms with van der Waals surface area (Å²) in [7, 11) is 0. The van der Waals surface area contributed by atoms with E-state index in [1.54, 1.807) is 29.5 Å². The highest BCUT2D eigenvalue weighted by molar-refractivity contribution is 5.34. The summed E-state index contributed by atoms with van der Waals surface area (Å²) in [6.07, 6.45) is 23.2. The summed E-state index contributed by atoms with van der Waals surface area (Å²) in [6, 6.07) is 7.42. The second kappa shape index (κ2) is 9.64. The van der Waals surface area contributed by atoms with E-state index in [-0.39, 0.29) is 0 Å². The fraction of sp³-hybridized carbons (Fsp3) is 0.714. The van der Waals surface area contributed by atoms with Crippen molar-refractivity contribution in [2.75, 3.05) is 0 Å². The van der Waals surface area contributed by atoms with Crippen molar-refractivity contribution in [1.29, 1.82) is 0 Å². The van der Waals surface area contributed by atoms with Gasteiger partial charge < -0.3 is 0 Å². The van der Waals surface area contributed by atoms with Crippen LogP contribution in [0.15, 0.2) is 30.4 Å². The van der Waals surface area contributed by atoms with Gasteiger partial charge in [0.1, 0.15) is 0 Å². The number of hydrogen-bond acceptors (Lipinski definition) is 0. The summed E-state index contributed by atoms with van der Waals surface area (Å²) in [5, 5.41) is 0. The van der Waals surface area contributed by atoms with E-state index in [1.807, 2.05) is 0 Å². The molecule has 0 N–H and O–H groups in total. The number of hydrogen-bond donors (Lipinski definition) is 0. The van der Waals surface area contributed by atoms with E-state index in [9.17, 15) is 0 Å². The minimum Gasteiger partial charge on any atom is -0.0917 e. The smallest absolute Gasteiger partial charge is 0.0245 e. The quantitative estimate of drug-likeness (QED) is 0.441. The van der Waals surface area contributed by atoms with E-state index in [0.717, 1.165) is 29.6 Å². The molecule has 2 saturated carbocycles. The van der Waals surface area contributed by atoms with Crippen molar-refractivity contribution in [2.24, 2.45) is 29.6 Å². The highest BCUT2D eigenvalue weighted by Gasteiger charge is 2.38. The van der Waals surface area contributed by atoms with Crippen LogP contribution in [-0.4, -0.2) is 0 Å². The Bertz CT molecular complexity index is 654. The van der Waals surface area contributed by atoms with Crippen LogP contribution < -0.4 is 0 Å². The third kappa shape index (κ3) is 4.74. The molecule has 5 atom stereocenters. The lowest BCUT2D eigenvalue weighted by molar-refractivity contribution is 0.0699. The maximum atomic E-state index is 2.53. The van der Waals surface area contributed by atoms with Crippen molar-refractivity contribution in [3.05, 3.63) is 47.0 Å². The fourth-order valence-corrected chi connectivity index (χ4v) is 6.89. The predicted octanol–water partition coefficient (Wildman–Crippen LogP) is 7.93. The number of fused-ring (bicyclic) bond motifs is 2. The lowest BCUT2D eigenvalue weighted by atomic mass is 9.61. The standard InChI is InChI=1S/C28H42/c1-3-5-6-8-22-10-12-26-20-28(16-14-24(26)18-22)27-15-13-23-17-21(7-4-2)9-11-25(23)19-27/h3,5,9,11,17,22,24,26-28H,4,6-8,10,12-16,18-20H2,1-2H3. The zero-order chi connectivity index (χ0) is 19.3. The molecule has 0 aliphatic heterocycles. The highest BCUT2D eigenvalue weighted by Crippen LogP contribution is 2.49. The van der Waals surface area contributed by atoms with Gasteiger partial charge in [0, 0.05) is 0 Å². The van der Waals surface area contributed by atoms with Crippen LogP contribution in [-0.2, 0) is 19.3 Å². The number of allylic oxidation sites excluding steroid dienone is 2. The Kier molecular flexibility index (Phi) is 6.97. The summed E-state index contributed by atoms with van der Waals surface area (Å²) in [6.45, 7) is 4.45. The molecule has 0 amide bonds. The van der Waals surface area contributed by atoms with Crippen molar-refractivity contribution in [3.8, 4) is 0 Å². The molecule has 3 aliphatic carbocycles. The van der Waals surface area contributed by atoms with Crippen LogP contribution in [0.1, 0.15) is 94.7 Å². The second-order valence-electron chi connectivity index (χ2n) is 10.3. The maximum Gasteiger partial charge on any atom is -0.0245 e. The normalized spacial score (nSPS) is 32.9. The minimum atomic E-state index is 0.970. The number of aryl methyl sites for hydroxylation is 2. The van der Waals surface area contributed by atoms with Gasteiger partial charge in [-0.3, -0.25) is 0 Å². The molecular formula is C28H42. The first-order chi connectivity index (χ1) is 13.8. The molecule has 0 nitrogen and oxygen atoms in total. The van der Waals surface area contributed by atoms with E-state index in [2.05, 4.69) is 44.2 Å². The summed E-state index contributed by atoms with van der Waals surface area (Å²) in [5.41, 5.74) is 4.93. The molecular weight excluding hydrogens is 336 g/mol. The molecule has 2 fully saturated rings. The first kappa shape index (κ1) is 20.2. The monoisotopic (exact) mass is 378 g/mol. The molecule has 4 rings (SSSR count). The topological polar surface area (TPSA) is 0 Å². The summed E-state index contributed by atoms with van der Waals surface area (Å²) >= 11 is 0. The molecule has 0 saturated heterocycles. The molecule has 0 aromatic heterocycles. The van der Waals surface area contributed by atoms with Gasteiger partial charge in [-0.1, -0.05) is 50.1 Å². The van der Waals surface area contributed by atoms with Crippen LogP contribution >= 0.6 is 0 Å². The number of benzene rings is 1. The van der Waals surface area contributed by atoms with E-state index in [4.69, 9.17) is 0 Å². The molecule has 0 heterocycles. The molecule has 1 aromatic carbocycles. The van der Waals surface area contributed by atoms with Gasteiger partial charge in [-0.05, 0) is 124 Å². The SMILES string of the molecule is CC=CCCC1CCC2CC(C3CCc4cc(CCC)ccc4C3)CCC2C1. The van der Waals surface area contributed by atoms with Gasteiger partial charge in [-0.15, -0.1) is 0 Å². The van der Waals surface area contributed by atoms with Crippen LogP contribution in [0.3, 0.4) is 0 Å². The van der Waals surface area contributed by atoms with Crippen LogP contribution in [0.2, 0.25) is 0 Å². The lowest BCUT2D eigenvalue weighted by Gasteiger charge is -2.45. The zero-order valence-electron chi connectivity index (χ0n) is 18.5. The molecule has 0 heteroatoms. The van der Waals surface area contributed by atoms with Gasteiger partial charge in [0.25, 0.3) is 0 Å². The third-order valence-electron chi connectivity index (χ3n) is 8.48. The molecule has 0 radical (unpaired) electrons. The Balaban J connectivity index is 1.30.